The van der Waals surface area contributed by atoms with Crippen LogP contribution in [0, 0.1) is 0 Å². The van der Waals surface area contributed by atoms with Crippen molar-refractivity contribution >= 4 is 16.9 Å². The third kappa shape index (κ3) is 5.98. The van der Waals surface area contributed by atoms with E-state index in [1.165, 1.54) is 5.39 Å². The molecular formula is C19H27NO4. The van der Waals surface area contributed by atoms with E-state index in [2.05, 4.69) is 6.07 Å². The van der Waals surface area contributed by atoms with Crippen LogP contribution in [0.15, 0.2) is 30.5 Å². The van der Waals surface area contributed by atoms with Gasteiger partial charge in [-0.2, -0.15) is 0 Å². The topological polar surface area (TPSA) is 49.7 Å². The van der Waals surface area contributed by atoms with Crippen LogP contribution in [0.5, 0.6) is 0 Å². The van der Waals surface area contributed by atoms with Gasteiger partial charge >= 0.3 is 5.97 Å². The summed E-state index contributed by atoms with van der Waals surface area (Å²) in [6, 6.07) is 8.12. The molecule has 1 aromatic carbocycles. The average Bonchev–Trinajstić information content (AvgIpc) is 2.89. The predicted octanol–water partition coefficient (Wildman–Crippen LogP) is 3.10. The van der Waals surface area contributed by atoms with Crippen molar-refractivity contribution < 1.29 is 19.0 Å². The molecule has 2 heterocycles. The van der Waals surface area contributed by atoms with Gasteiger partial charge in [-0.25, -0.2) is 0 Å². The first-order valence-electron chi connectivity index (χ1n) is 8.26. The molecular weight excluding hydrogens is 306 g/mol. The van der Waals surface area contributed by atoms with E-state index in [0.717, 1.165) is 37.5 Å². The van der Waals surface area contributed by atoms with Crippen molar-refractivity contribution in [1.29, 1.82) is 0 Å². The van der Waals surface area contributed by atoms with Crippen molar-refractivity contribution in [1.82, 2.24) is 4.57 Å². The molecule has 2 aromatic rings. The zero-order chi connectivity index (χ0) is 17.6. The van der Waals surface area contributed by atoms with Gasteiger partial charge in [0.1, 0.15) is 5.60 Å². The third-order valence-electron chi connectivity index (χ3n) is 3.47. The van der Waals surface area contributed by atoms with Crippen molar-refractivity contribution in [2.75, 3.05) is 26.4 Å². The Morgan fingerprint density at radius 1 is 1.12 bits per heavy atom. The van der Waals surface area contributed by atoms with Gasteiger partial charge in [0.2, 0.25) is 0 Å². The van der Waals surface area contributed by atoms with Gasteiger partial charge < -0.3 is 18.8 Å². The summed E-state index contributed by atoms with van der Waals surface area (Å²) >= 11 is 0. The van der Waals surface area contributed by atoms with Crippen molar-refractivity contribution in [2.45, 2.75) is 32.8 Å². The summed E-state index contributed by atoms with van der Waals surface area (Å²) in [5.41, 5.74) is 1.70. The number of hydrogen-bond donors (Lipinski definition) is 0. The molecule has 1 fully saturated rings. The highest BCUT2D eigenvalue weighted by Gasteiger charge is 2.16. The minimum absolute atomic E-state index is 0.184. The number of benzene rings is 1. The molecule has 0 aliphatic carbocycles. The quantitative estimate of drug-likeness (QED) is 0.793. The molecule has 0 unspecified atom stereocenters. The van der Waals surface area contributed by atoms with E-state index in [1.54, 1.807) is 0 Å². The Bertz CT molecular complexity index is 654. The number of carbonyl (C=O) groups is 1. The summed E-state index contributed by atoms with van der Waals surface area (Å²) in [5.74, 6) is -0.184. The fourth-order valence-corrected chi connectivity index (χ4v) is 2.40. The maximum absolute atomic E-state index is 11.8. The number of nitrogens with zero attached hydrogens (tertiary/aromatic N) is 1. The highest BCUT2D eigenvalue weighted by atomic mass is 16.6. The van der Waals surface area contributed by atoms with Crippen LogP contribution in [-0.2, 0) is 32.5 Å². The Labute approximate surface area is 143 Å². The zero-order valence-electron chi connectivity index (χ0n) is 15.0. The molecule has 132 valence electrons. The number of hydrogen-bond acceptors (Lipinski definition) is 4. The van der Waals surface area contributed by atoms with E-state index >= 15 is 0 Å². The van der Waals surface area contributed by atoms with Gasteiger partial charge in [-0.3, -0.25) is 4.79 Å². The van der Waals surface area contributed by atoms with E-state index in [9.17, 15) is 4.79 Å². The molecule has 1 aliphatic rings. The van der Waals surface area contributed by atoms with Crippen molar-refractivity contribution in [3.63, 3.8) is 0 Å². The summed E-state index contributed by atoms with van der Waals surface area (Å²) in [4.78, 5) is 11.8. The summed E-state index contributed by atoms with van der Waals surface area (Å²) < 4.78 is 17.3. The molecule has 5 heteroatoms. The maximum atomic E-state index is 11.8. The average molecular weight is 333 g/mol. The fourth-order valence-electron chi connectivity index (χ4n) is 2.40. The third-order valence-corrected chi connectivity index (χ3v) is 3.47. The predicted molar refractivity (Wildman–Crippen MR) is 94.1 cm³/mol. The lowest BCUT2D eigenvalue weighted by Gasteiger charge is -2.19. The van der Waals surface area contributed by atoms with Gasteiger partial charge in [0.25, 0.3) is 0 Å². The molecule has 5 nitrogen and oxygen atoms in total. The summed E-state index contributed by atoms with van der Waals surface area (Å²) in [6.45, 7) is 8.75. The van der Waals surface area contributed by atoms with Crippen molar-refractivity contribution in [3.05, 3.63) is 36.0 Å². The molecule has 0 bridgehead atoms. The highest BCUT2D eigenvalue weighted by Crippen LogP contribution is 2.18. The smallest absolute Gasteiger partial charge is 0.310 e. The first kappa shape index (κ1) is 18.5. The summed E-state index contributed by atoms with van der Waals surface area (Å²) in [7, 11) is 2.00. The van der Waals surface area contributed by atoms with Crippen LogP contribution in [-0.4, -0.2) is 42.6 Å². The zero-order valence-corrected chi connectivity index (χ0v) is 15.0. The van der Waals surface area contributed by atoms with Gasteiger partial charge in [0.05, 0.1) is 32.8 Å². The Balaban J connectivity index is 0.000000292. The molecule has 1 saturated heterocycles. The van der Waals surface area contributed by atoms with Crippen molar-refractivity contribution in [2.24, 2.45) is 7.05 Å². The van der Waals surface area contributed by atoms with Crippen LogP contribution in [0.2, 0.25) is 0 Å². The van der Waals surface area contributed by atoms with Crippen LogP contribution in [0.3, 0.4) is 0 Å². The van der Waals surface area contributed by atoms with Crippen LogP contribution in [0.1, 0.15) is 26.3 Å². The molecule has 1 aliphatic heterocycles. The molecule has 0 saturated carbocycles. The molecule has 24 heavy (non-hydrogen) atoms. The second-order valence-corrected chi connectivity index (χ2v) is 6.81. The monoisotopic (exact) mass is 333 g/mol. The maximum Gasteiger partial charge on any atom is 0.310 e. The second kappa shape index (κ2) is 8.31. The van der Waals surface area contributed by atoms with E-state index in [0.29, 0.717) is 6.42 Å². The lowest BCUT2D eigenvalue weighted by atomic mass is 10.1. The van der Waals surface area contributed by atoms with Crippen LogP contribution in [0.25, 0.3) is 10.9 Å². The fraction of sp³-hybridized carbons (Fsp3) is 0.526. The SMILES string of the molecule is C1COCCO1.Cn1ccc2ccc(CC(=O)OC(C)(C)C)cc21. The highest BCUT2D eigenvalue weighted by molar-refractivity contribution is 5.82. The minimum Gasteiger partial charge on any atom is -0.460 e. The Morgan fingerprint density at radius 2 is 1.75 bits per heavy atom. The largest absolute Gasteiger partial charge is 0.460 e. The second-order valence-electron chi connectivity index (χ2n) is 6.81. The van der Waals surface area contributed by atoms with Crippen LogP contribution >= 0.6 is 0 Å². The van der Waals surface area contributed by atoms with Gasteiger partial charge in [-0.05, 0) is 43.9 Å². The number of carbonyl (C=O) groups excluding carboxylic acids is 1. The normalized spacial score (nSPS) is 14.8. The molecule has 3 rings (SSSR count). The van der Waals surface area contributed by atoms with Gasteiger partial charge in [0.15, 0.2) is 0 Å². The lowest BCUT2D eigenvalue weighted by Crippen LogP contribution is -2.24. The standard InChI is InChI=1S/C15H19NO2.C4H8O2/c1-15(2,3)18-14(17)10-11-5-6-12-7-8-16(4)13(12)9-11;1-2-6-4-3-5-1/h5-9H,10H2,1-4H3;1-4H2. The first-order valence-corrected chi connectivity index (χ1v) is 8.26. The number of ether oxygens (including phenoxy) is 3. The molecule has 0 radical (unpaired) electrons. The van der Waals surface area contributed by atoms with E-state index < -0.39 is 5.60 Å². The first-order chi connectivity index (χ1) is 11.3. The minimum atomic E-state index is -0.424. The van der Waals surface area contributed by atoms with Crippen LogP contribution in [0.4, 0.5) is 0 Å². The molecule has 0 spiro atoms. The van der Waals surface area contributed by atoms with E-state index in [-0.39, 0.29) is 5.97 Å². The molecule has 0 atom stereocenters. The lowest BCUT2D eigenvalue weighted by molar-refractivity contribution is -0.153. The Kier molecular flexibility index (Phi) is 6.40. The van der Waals surface area contributed by atoms with E-state index in [1.807, 2.05) is 56.8 Å². The van der Waals surface area contributed by atoms with Gasteiger partial charge in [0, 0.05) is 18.8 Å². The van der Waals surface area contributed by atoms with Crippen molar-refractivity contribution in [3.8, 4) is 0 Å². The van der Waals surface area contributed by atoms with Gasteiger partial charge in [-0.1, -0.05) is 12.1 Å². The number of aromatic nitrogens is 1. The number of aryl methyl sites for hydroxylation is 1. The Morgan fingerprint density at radius 3 is 2.29 bits per heavy atom. The van der Waals surface area contributed by atoms with Gasteiger partial charge in [-0.15, -0.1) is 0 Å². The van der Waals surface area contributed by atoms with Crippen LogP contribution < -0.4 is 0 Å². The number of rotatable bonds is 2. The van der Waals surface area contributed by atoms with E-state index in [4.69, 9.17) is 14.2 Å². The summed E-state index contributed by atoms with van der Waals surface area (Å²) in [6.07, 6.45) is 2.33. The molecule has 0 N–H and O–H groups in total. The molecule has 1 aromatic heterocycles. The Hall–Kier alpha value is -1.85. The number of fused-ring (bicyclic) bond motifs is 1. The number of esters is 1. The summed E-state index contributed by atoms with van der Waals surface area (Å²) in [5, 5.41) is 1.19. The molecule has 0 amide bonds.